The van der Waals surface area contributed by atoms with Crippen molar-refractivity contribution in [3.05, 3.63) is 30.1 Å². The summed E-state index contributed by atoms with van der Waals surface area (Å²) in [5, 5.41) is 0. The molecule has 3 rings (SSSR count). The van der Waals surface area contributed by atoms with E-state index in [9.17, 15) is 9.59 Å². The van der Waals surface area contributed by atoms with Crippen LogP contribution in [0.2, 0.25) is 0 Å². The van der Waals surface area contributed by atoms with Crippen molar-refractivity contribution in [1.29, 1.82) is 0 Å². The van der Waals surface area contributed by atoms with E-state index in [0.29, 0.717) is 6.42 Å². The number of likely N-dealkylation sites (tertiary alicyclic amines) is 2. The zero-order chi connectivity index (χ0) is 17.5. The molecule has 5 heteroatoms. The summed E-state index contributed by atoms with van der Waals surface area (Å²) in [5.74, 6) is 0.237. The lowest BCUT2D eigenvalue weighted by Gasteiger charge is -2.33. The van der Waals surface area contributed by atoms with Crippen LogP contribution in [0.4, 0.5) is 0 Å². The summed E-state index contributed by atoms with van der Waals surface area (Å²) < 4.78 is 0. The van der Waals surface area contributed by atoms with Gasteiger partial charge in [-0.1, -0.05) is 25.7 Å². The van der Waals surface area contributed by atoms with Crippen LogP contribution in [0.25, 0.3) is 0 Å². The number of pyridine rings is 1. The minimum absolute atomic E-state index is 0.0950. The van der Waals surface area contributed by atoms with E-state index in [1.807, 2.05) is 17.0 Å². The summed E-state index contributed by atoms with van der Waals surface area (Å²) in [6, 6.07) is 4.14. The molecule has 2 aliphatic rings. The van der Waals surface area contributed by atoms with Crippen LogP contribution >= 0.6 is 0 Å². The zero-order valence-corrected chi connectivity index (χ0v) is 15.0. The third-order valence-electron chi connectivity index (χ3n) is 5.41. The molecule has 0 N–H and O–H groups in total. The number of carbonyl (C=O) groups is 2. The number of aromatic nitrogens is 1. The Balaban J connectivity index is 1.71. The molecule has 2 fully saturated rings. The van der Waals surface area contributed by atoms with Gasteiger partial charge in [-0.2, -0.15) is 0 Å². The molecule has 0 aromatic carbocycles. The van der Waals surface area contributed by atoms with Gasteiger partial charge in [-0.05, 0) is 43.4 Å². The molecular formula is C20H29N3O2. The van der Waals surface area contributed by atoms with Crippen LogP contribution in [-0.4, -0.2) is 46.2 Å². The van der Waals surface area contributed by atoms with Crippen LogP contribution in [0.3, 0.4) is 0 Å². The highest BCUT2D eigenvalue weighted by Gasteiger charge is 2.29. The minimum atomic E-state index is 0.0950. The second-order valence-electron chi connectivity index (χ2n) is 7.21. The third-order valence-corrected chi connectivity index (χ3v) is 5.41. The Morgan fingerprint density at radius 1 is 1.00 bits per heavy atom. The molecule has 0 spiro atoms. The zero-order valence-electron chi connectivity index (χ0n) is 15.0. The number of hydrogen-bond acceptors (Lipinski definition) is 3. The molecule has 0 saturated carbocycles. The molecule has 1 atom stereocenters. The summed E-state index contributed by atoms with van der Waals surface area (Å²) in [4.78, 5) is 33.3. The molecule has 25 heavy (non-hydrogen) atoms. The third kappa shape index (κ3) is 4.80. The monoisotopic (exact) mass is 343 g/mol. The van der Waals surface area contributed by atoms with Gasteiger partial charge in [0.25, 0.3) is 0 Å². The van der Waals surface area contributed by atoms with Gasteiger partial charge in [0, 0.05) is 31.9 Å². The summed E-state index contributed by atoms with van der Waals surface area (Å²) >= 11 is 0. The van der Waals surface area contributed by atoms with Crippen molar-refractivity contribution in [2.45, 2.75) is 63.8 Å². The van der Waals surface area contributed by atoms with Crippen molar-refractivity contribution >= 4 is 11.8 Å². The maximum Gasteiger partial charge on any atom is 0.242 e. The Morgan fingerprint density at radius 2 is 1.72 bits per heavy atom. The average Bonchev–Trinajstić information content (AvgIpc) is 2.88. The lowest BCUT2D eigenvalue weighted by molar-refractivity contribution is -0.142. The highest BCUT2D eigenvalue weighted by molar-refractivity contribution is 5.85. The first-order valence-corrected chi connectivity index (χ1v) is 9.73. The normalized spacial score (nSPS) is 22.9. The predicted octanol–water partition coefficient (Wildman–Crippen LogP) is 3.32. The Kier molecular flexibility index (Phi) is 6.42. The standard InChI is InChI=1S/C20H29N3O2/c24-19-9-5-1-2-6-14-22(19)16-20(25)23-15-7-3-4-8-18(23)17-10-12-21-13-11-17/h10-13,18H,1-9,14-16H2. The van der Waals surface area contributed by atoms with Crippen molar-refractivity contribution in [2.75, 3.05) is 19.6 Å². The first-order chi connectivity index (χ1) is 12.3. The quantitative estimate of drug-likeness (QED) is 0.846. The van der Waals surface area contributed by atoms with Gasteiger partial charge in [0.1, 0.15) is 0 Å². The van der Waals surface area contributed by atoms with Crippen molar-refractivity contribution in [3.63, 3.8) is 0 Å². The Hall–Kier alpha value is -1.91. The summed E-state index contributed by atoms with van der Waals surface area (Å²) in [5.41, 5.74) is 1.16. The topological polar surface area (TPSA) is 53.5 Å². The minimum Gasteiger partial charge on any atom is -0.334 e. The molecule has 1 aromatic rings. The van der Waals surface area contributed by atoms with Crippen molar-refractivity contribution in [3.8, 4) is 0 Å². The SMILES string of the molecule is O=C1CCCCCCN1CC(=O)N1CCCCCC1c1ccncc1. The fourth-order valence-electron chi connectivity index (χ4n) is 3.98. The lowest BCUT2D eigenvalue weighted by atomic mass is 10.0. The fraction of sp³-hybridized carbons (Fsp3) is 0.650. The van der Waals surface area contributed by atoms with E-state index in [4.69, 9.17) is 0 Å². The highest BCUT2D eigenvalue weighted by atomic mass is 16.2. The molecule has 0 radical (unpaired) electrons. The first-order valence-electron chi connectivity index (χ1n) is 9.73. The Labute approximate surface area is 150 Å². The summed E-state index contributed by atoms with van der Waals surface area (Å²) in [6.07, 6.45) is 12.7. The lowest BCUT2D eigenvalue weighted by Crippen LogP contribution is -2.45. The van der Waals surface area contributed by atoms with Gasteiger partial charge in [0.05, 0.1) is 12.6 Å². The van der Waals surface area contributed by atoms with Crippen molar-refractivity contribution in [1.82, 2.24) is 14.8 Å². The van der Waals surface area contributed by atoms with Gasteiger partial charge < -0.3 is 9.80 Å². The molecule has 2 saturated heterocycles. The molecule has 136 valence electrons. The Bertz CT molecular complexity index is 576. The van der Waals surface area contributed by atoms with Gasteiger partial charge in [0.2, 0.25) is 11.8 Å². The first kappa shape index (κ1) is 17.9. The van der Waals surface area contributed by atoms with Crippen LogP contribution in [0, 0.1) is 0 Å². The van der Waals surface area contributed by atoms with Crippen LogP contribution in [-0.2, 0) is 9.59 Å². The number of amides is 2. The summed E-state index contributed by atoms with van der Waals surface area (Å²) in [6.45, 7) is 1.74. The highest BCUT2D eigenvalue weighted by Crippen LogP contribution is 2.30. The van der Waals surface area contributed by atoms with Gasteiger partial charge in [0.15, 0.2) is 0 Å². The molecular weight excluding hydrogens is 314 g/mol. The number of carbonyl (C=O) groups excluding carboxylic acids is 2. The largest absolute Gasteiger partial charge is 0.334 e. The number of nitrogens with zero attached hydrogens (tertiary/aromatic N) is 3. The van der Waals surface area contributed by atoms with Crippen LogP contribution in [0.5, 0.6) is 0 Å². The van der Waals surface area contributed by atoms with E-state index in [2.05, 4.69) is 4.98 Å². The van der Waals surface area contributed by atoms with Gasteiger partial charge in [-0.25, -0.2) is 0 Å². The molecule has 1 aromatic heterocycles. The van der Waals surface area contributed by atoms with Gasteiger partial charge in [-0.3, -0.25) is 14.6 Å². The Morgan fingerprint density at radius 3 is 2.56 bits per heavy atom. The second-order valence-corrected chi connectivity index (χ2v) is 7.21. The van der Waals surface area contributed by atoms with Gasteiger partial charge in [-0.15, -0.1) is 0 Å². The van der Waals surface area contributed by atoms with E-state index >= 15 is 0 Å². The maximum absolute atomic E-state index is 13.1. The fourth-order valence-corrected chi connectivity index (χ4v) is 3.98. The number of rotatable bonds is 3. The second kappa shape index (κ2) is 8.97. The van der Waals surface area contributed by atoms with Crippen LogP contribution < -0.4 is 0 Å². The smallest absolute Gasteiger partial charge is 0.242 e. The van der Waals surface area contributed by atoms with E-state index in [0.717, 1.165) is 70.0 Å². The molecule has 2 aliphatic heterocycles. The molecule has 1 unspecified atom stereocenters. The van der Waals surface area contributed by atoms with E-state index in [1.165, 1.54) is 0 Å². The van der Waals surface area contributed by atoms with E-state index in [1.54, 1.807) is 17.3 Å². The predicted molar refractivity (Wildman–Crippen MR) is 96.8 cm³/mol. The van der Waals surface area contributed by atoms with E-state index < -0.39 is 0 Å². The molecule has 0 bridgehead atoms. The van der Waals surface area contributed by atoms with Crippen molar-refractivity contribution < 1.29 is 9.59 Å². The molecule has 2 amide bonds. The van der Waals surface area contributed by atoms with Gasteiger partial charge >= 0.3 is 0 Å². The van der Waals surface area contributed by atoms with E-state index in [-0.39, 0.29) is 24.4 Å². The van der Waals surface area contributed by atoms with Crippen molar-refractivity contribution in [2.24, 2.45) is 0 Å². The molecule has 0 aliphatic carbocycles. The molecule has 3 heterocycles. The maximum atomic E-state index is 13.1. The molecule has 5 nitrogen and oxygen atoms in total. The van der Waals surface area contributed by atoms with Crippen LogP contribution in [0.15, 0.2) is 24.5 Å². The average molecular weight is 343 g/mol. The van der Waals surface area contributed by atoms with Crippen LogP contribution in [0.1, 0.15) is 69.4 Å². The number of hydrogen-bond donors (Lipinski definition) is 0. The summed E-state index contributed by atoms with van der Waals surface area (Å²) in [7, 11) is 0.